The molecule has 0 saturated heterocycles. The Morgan fingerprint density at radius 3 is 2.02 bits per heavy atom. The highest BCUT2D eigenvalue weighted by Gasteiger charge is 2.14. The summed E-state index contributed by atoms with van der Waals surface area (Å²) in [4.78, 5) is 52.9. The molecule has 0 spiro atoms. The van der Waals surface area contributed by atoms with Crippen molar-refractivity contribution in [2.45, 2.75) is 6.42 Å². The first-order valence-electron chi connectivity index (χ1n) is 14.4. The first-order chi connectivity index (χ1) is 23.3. The number of aromatic nitrogens is 1. The van der Waals surface area contributed by atoms with E-state index in [9.17, 15) is 19.2 Å². The molecule has 0 aliphatic rings. The number of hydrazone groups is 1. The second kappa shape index (κ2) is 15.7. The standard InChI is InChI=1S/C36H27N3O8S/c1-3-32(40)45-27-14-10-24(11-15-27)34(42)44-20-19-23-9-18-30(47-35(43)25-12-16-28(17-13-25)46-33(41)4-2)26(21-23)22-37-39-36-38-29-7-5-6-8-31(29)48-36/h3-18,21-22H,1-2,19-20H2,(H,38,39)/b37-22+. The van der Waals surface area contributed by atoms with Crippen molar-refractivity contribution in [3.05, 3.63) is 139 Å². The first-order valence-corrected chi connectivity index (χ1v) is 15.2. The summed E-state index contributed by atoms with van der Waals surface area (Å²) in [6.45, 7) is 6.77. The normalized spacial score (nSPS) is 10.7. The zero-order valence-electron chi connectivity index (χ0n) is 25.3. The molecule has 0 fully saturated rings. The summed E-state index contributed by atoms with van der Waals surface area (Å²) in [5.41, 5.74) is 5.53. The number of hydrogen-bond donors (Lipinski definition) is 1. The number of para-hydroxylation sites is 1. The van der Waals surface area contributed by atoms with E-state index in [1.807, 2.05) is 24.3 Å². The van der Waals surface area contributed by atoms with Crippen LogP contribution in [0.25, 0.3) is 10.2 Å². The maximum absolute atomic E-state index is 13.0. The smallest absolute Gasteiger partial charge is 0.343 e. The van der Waals surface area contributed by atoms with Gasteiger partial charge in [0.25, 0.3) is 0 Å². The van der Waals surface area contributed by atoms with Crippen LogP contribution in [-0.4, -0.2) is 41.7 Å². The molecule has 0 amide bonds. The maximum Gasteiger partial charge on any atom is 0.343 e. The van der Waals surface area contributed by atoms with E-state index >= 15 is 0 Å². The third-order valence-electron chi connectivity index (χ3n) is 6.51. The highest BCUT2D eigenvalue weighted by atomic mass is 32.1. The molecule has 1 N–H and O–H groups in total. The number of benzene rings is 4. The number of carbonyl (C=O) groups excluding carboxylic acids is 4. The van der Waals surface area contributed by atoms with Crippen molar-refractivity contribution >= 4 is 56.8 Å². The summed E-state index contributed by atoms with van der Waals surface area (Å²) in [7, 11) is 0. The van der Waals surface area contributed by atoms with Crippen LogP contribution in [0.1, 0.15) is 31.8 Å². The fourth-order valence-corrected chi connectivity index (χ4v) is 4.98. The van der Waals surface area contributed by atoms with Crippen LogP contribution in [0.4, 0.5) is 5.13 Å². The van der Waals surface area contributed by atoms with Gasteiger partial charge >= 0.3 is 23.9 Å². The SMILES string of the molecule is C=CC(=O)Oc1ccc(C(=O)OCCc2ccc(OC(=O)c3ccc(OC(=O)C=C)cc3)c(/C=N/Nc3nc4ccccc4s3)c2)cc1. The van der Waals surface area contributed by atoms with Gasteiger partial charge in [0.15, 0.2) is 0 Å². The Bertz CT molecular complexity index is 1980. The molecular weight excluding hydrogens is 634 g/mol. The van der Waals surface area contributed by atoms with Gasteiger partial charge in [0, 0.05) is 24.1 Å². The van der Waals surface area contributed by atoms with Crippen LogP contribution in [-0.2, 0) is 20.7 Å². The van der Waals surface area contributed by atoms with Crippen molar-refractivity contribution in [3.63, 3.8) is 0 Å². The van der Waals surface area contributed by atoms with E-state index in [1.165, 1.54) is 66.1 Å². The Balaban J connectivity index is 1.27. The van der Waals surface area contributed by atoms with Crippen molar-refractivity contribution in [2.75, 3.05) is 12.0 Å². The summed E-state index contributed by atoms with van der Waals surface area (Å²) in [6.07, 6.45) is 3.94. The lowest BCUT2D eigenvalue weighted by atomic mass is 10.1. The van der Waals surface area contributed by atoms with Gasteiger partial charge in [-0.15, -0.1) is 0 Å². The molecule has 240 valence electrons. The molecule has 48 heavy (non-hydrogen) atoms. The second-order valence-corrected chi connectivity index (χ2v) is 10.8. The number of ether oxygens (including phenoxy) is 4. The van der Waals surface area contributed by atoms with Gasteiger partial charge < -0.3 is 18.9 Å². The number of nitrogens with zero attached hydrogens (tertiary/aromatic N) is 2. The van der Waals surface area contributed by atoms with E-state index in [4.69, 9.17) is 18.9 Å². The largest absolute Gasteiger partial charge is 0.462 e. The number of thiazole rings is 1. The molecule has 0 saturated carbocycles. The van der Waals surface area contributed by atoms with Crippen LogP contribution in [0.15, 0.2) is 121 Å². The van der Waals surface area contributed by atoms with Crippen LogP contribution >= 0.6 is 11.3 Å². The molecule has 1 aromatic heterocycles. The van der Waals surface area contributed by atoms with Gasteiger partial charge in [-0.2, -0.15) is 5.10 Å². The Morgan fingerprint density at radius 1 is 0.771 bits per heavy atom. The Hall–Kier alpha value is -6.40. The number of esters is 4. The topological polar surface area (TPSA) is 142 Å². The molecule has 0 radical (unpaired) electrons. The van der Waals surface area contributed by atoms with Gasteiger partial charge in [0.1, 0.15) is 17.2 Å². The number of rotatable bonds is 13. The van der Waals surface area contributed by atoms with Crippen molar-refractivity contribution in [3.8, 4) is 17.2 Å². The van der Waals surface area contributed by atoms with Gasteiger partial charge in [0.2, 0.25) is 5.13 Å². The quantitative estimate of drug-likeness (QED) is 0.0486. The highest BCUT2D eigenvalue weighted by Crippen LogP contribution is 2.26. The van der Waals surface area contributed by atoms with Crippen LogP contribution in [0.2, 0.25) is 0 Å². The fraction of sp³-hybridized carbons (Fsp3) is 0.0556. The third kappa shape index (κ3) is 8.86. The van der Waals surface area contributed by atoms with Crippen molar-refractivity contribution in [1.29, 1.82) is 0 Å². The van der Waals surface area contributed by atoms with Gasteiger partial charge in [-0.3, -0.25) is 5.43 Å². The molecule has 0 aliphatic carbocycles. The van der Waals surface area contributed by atoms with E-state index in [0.717, 1.165) is 27.9 Å². The van der Waals surface area contributed by atoms with Crippen LogP contribution in [0, 0.1) is 0 Å². The Kier molecular flexibility index (Phi) is 10.8. The van der Waals surface area contributed by atoms with Gasteiger partial charge in [-0.25, -0.2) is 24.2 Å². The minimum atomic E-state index is -0.641. The molecule has 0 bridgehead atoms. The molecule has 5 rings (SSSR count). The van der Waals surface area contributed by atoms with E-state index < -0.39 is 23.9 Å². The predicted octanol–water partition coefficient (Wildman–Crippen LogP) is 6.54. The van der Waals surface area contributed by atoms with Gasteiger partial charge in [-0.05, 0) is 78.4 Å². The fourth-order valence-electron chi connectivity index (χ4n) is 4.16. The molecule has 11 nitrogen and oxygen atoms in total. The number of fused-ring (bicyclic) bond motifs is 1. The summed E-state index contributed by atoms with van der Waals surface area (Å²) < 4.78 is 22.2. The summed E-state index contributed by atoms with van der Waals surface area (Å²) in [5, 5.41) is 4.90. The highest BCUT2D eigenvalue weighted by molar-refractivity contribution is 7.22. The molecule has 0 unspecified atom stereocenters. The molecule has 12 heteroatoms. The Labute approximate surface area is 278 Å². The average Bonchev–Trinajstić information content (AvgIpc) is 3.52. The van der Waals surface area contributed by atoms with Gasteiger partial charge in [-0.1, -0.05) is 42.7 Å². The lowest BCUT2D eigenvalue weighted by molar-refractivity contribution is -0.129. The van der Waals surface area contributed by atoms with E-state index in [-0.39, 0.29) is 35.0 Å². The molecule has 5 aromatic rings. The minimum absolute atomic E-state index is 0.0640. The third-order valence-corrected chi connectivity index (χ3v) is 7.45. The second-order valence-electron chi connectivity index (χ2n) is 9.80. The van der Waals surface area contributed by atoms with Crippen molar-refractivity contribution < 1.29 is 38.1 Å². The number of anilines is 1. The van der Waals surface area contributed by atoms with E-state index in [2.05, 4.69) is 28.7 Å². The van der Waals surface area contributed by atoms with Crippen LogP contribution in [0.3, 0.4) is 0 Å². The van der Waals surface area contributed by atoms with Crippen molar-refractivity contribution in [1.82, 2.24) is 4.98 Å². The maximum atomic E-state index is 13.0. The van der Waals surface area contributed by atoms with E-state index in [1.54, 1.807) is 18.2 Å². The predicted molar refractivity (Wildman–Crippen MR) is 181 cm³/mol. The van der Waals surface area contributed by atoms with Gasteiger partial charge in [0.05, 0.1) is 34.2 Å². The molecule has 0 atom stereocenters. The zero-order valence-corrected chi connectivity index (χ0v) is 26.1. The van der Waals surface area contributed by atoms with Crippen LogP contribution in [0.5, 0.6) is 17.2 Å². The lowest BCUT2D eigenvalue weighted by Gasteiger charge is -2.11. The van der Waals surface area contributed by atoms with Crippen molar-refractivity contribution in [2.24, 2.45) is 5.10 Å². The molecule has 0 aliphatic heterocycles. The zero-order chi connectivity index (χ0) is 33.9. The Morgan fingerprint density at radius 2 is 1.40 bits per heavy atom. The summed E-state index contributed by atoms with van der Waals surface area (Å²) in [5.74, 6) is -1.66. The van der Waals surface area contributed by atoms with Crippen LogP contribution < -0.4 is 19.6 Å². The molecule has 1 heterocycles. The molecular formula is C36H27N3O8S. The average molecular weight is 662 g/mol. The lowest BCUT2D eigenvalue weighted by Crippen LogP contribution is -2.11. The monoisotopic (exact) mass is 661 g/mol. The summed E-state index contributed by atoms with van der Waals surface area (Å²) >= 11 is 1.44. The van der Waals surface area contributed by atoms with E-state index in [0.29, 0.717) is 17.1 Å². The number of nitrogens with one attached hydrogen (secondary N) is 1. The number of hydrogen-bond acceptors (Lipinski definition) is 12. The first kappa shape index (κ1) is 33.0. The summed E-state index contributed by atoms with van der Waals surface area (Å²) in [6, 6.07) is 24.7. The molecule has 4 aromatic carbocycles. The number of carbonyl (C=O) groups is 4. The minimum Gasteiger partial charge on any atom is -0.462 e.